The van der Waals surface area contributed by atoms with E-state index in [4.69, 9.17) is 18.0 Å². The van der Waals surface area contributed by atoms with Crippen LogP contribution in [0.15, 0.2) is 42.5 Å². The fraction of sp³-hybridized carbons (Fsp3) is 0.400. The predicted molar refractivity (Wildman–Crippen MR) is 114 cm³/mol. The van der Waals surface area contributed by atoms with Gasteiger partial charge in [0.25, 0.3) is 0 Å². The Kier molecular flexibility index (Phi) is 6.53. The normalized spacial score (nSPS) is 11.9. The maximum atomic E-state index is 10.4. The van der Waals surface area contributed by atoms with Crippen LogP contribution in [-0.4, -0.2) is 55.9 Å². The van der Waals surface area contributed by atoms with Crippen molar-refractivity contribution in [3.05, 3.63) is 42.5 Å². The molecule has 0 amide bonds. The number of fused-ring (bicyclic) bond motifs is 4. The number of para-hydroxylation sites is 2. The molecule has 0 unspecified atom stereocenters. The van der Waals surface area contributed by atoms with E-state index in [1.807, 2.05) is 64.3 Å². The highest BCUT2D eigenvalue weighted by molar-refractivity contribution is 6.60. The Morgan fingerprint density at radius 1 is 0.897 bits per heavy atom. The van der Waals surface area contributed by atoms with Crippen molar-refractivity contribution in [2.45, 2.75) is 26.3 Å². The van der Waals surface area contributed by atoms with Gasteiger partial charge in [0.05, 0.1) is 6.61 Å². The summed E-state index contributed by atoms with van der Waals surface area (Å²) >= 11 is 0. The first-order chi connectivity index (χ1) is 14.1. The highest BCUT2D eigenvalue weighted by Crippen LogP contribution is 2.32. The van der Waals surface area contributed by atoms with Crippen molar-refractivity contribution in [1.82, 2.24) is 14.1 Å². The summed E-state index contributed by atoms with van der Waals surface area (Å²) in [5, 5.41) is 10.4. The zero-order chi connectivity index (χ0) is 21.0. The van der Waals surface area contributed by atoms with Crippen LogP contribution in [0.5, 0.6) is 11.5 Å². The molecule has 2 heterocycles. The lowest BCUT2D eigenvalue weighted by atomic mass is 10.3. The van der Waals surface area contributed by atoms with Crippen LogP contribution < -0.4 is 4.74 Å². The Morgan fingerprint density at radius 2 is 1.48 bits per heavy atom. The minimum atomic E-state index is -2.57. The molecular weight excluding hydrogens is 390 g/mol. The van der Waals surface area contributed by atoms with Crippen molar-refractivity contribution in [3.63, 3.8) is 0 Å². The SMILES string of the molecule is CC.CO[Si](CCCOc1ccc(-n2n3c4ccccc4n23)c(O)c1)(OC)OC. The number of rotatable bonds is 9. The van der Waals surface area contributed by atoms with Gasteiger partial charge < -0.3 is 23.1 Å². The number of phenols is 1. The van der Waals surface area contributed by atoms with Crippen LogP contribution in [0.3, 0.4) is 0 Å². The topological polar surface area (TPSA) is 70.9 Å². The first kappa shape index (κ1) is 21.3. The summed E-state index contributed by atoms with van der Waals surface area (Å²) in [7, 11) is 2.23. The molecule has 1 N–H and O–H groups in total. The molecule has 0 saturated carbocycles. The fourth-order valence-corrected chi connectivity index (χ4v) is 4.98. The third kappa shape index (κ3) is 3.86. The molecule has 4 rings (SSSR count). The molecule has 29 heavy (non-hydrogen) atoms. The predicted octanol–water partition coefficient (Wildman–Crippen LogP) is 3.80. The van der Waals surface area contributed by atoms with E-state index in [9.17, 15) is 5.11 Å². The molecule has 158 valence electrons. The first-order valence-electron chi connectivity index (χ1n) is 9.74. The minimum Gasteiger partial charge on any atom is -0.505 e. The Balaban J connectivity index is 0.00000117. The molecule has 0 saturated heterocycles. The summed E-state index contributed by atoms with van der Waals surface area (Å²) < 4.78 is 25.9. The number of ether oxygens (including phenoxy) is 1. The Bertz CT molecular complexity index is 983. The Morgan fingerprint density at radius 3 is 2.00 bits per heavy atom. The van der Waals surface area contributed by atoms with Crippen LogP contribution in [0.1, 0.15) is 20.3 Å². The number of hydrogen-bond donors (Lipinski definition) is 1. The zero-order valence-corrected chi connectivity index (χ0v) is 18.6. The van der Waals surface area contributed by atoms with Gasteiger partial charge in [-0.1, -0.05) is 26.0 Å². The minimum absolute atomic E-state index is 0.169. The van der Waals surface area contributed by atoms with Crippen LogP contribution in [0.2, 0.25) is 6.04 Å². The quantitative estimate of drug-likeness (QED) is 0.330. The van der Waals surface area contributed by atoms with E-state index < -0.39 is 8.80 Å². The van der Waals surface area contributed by atoms with E-state index in [2.05, 4.69) is 0 Å². The fourth-order valence-electron chi connectivity index (χ4n) is 3.29. The summed E-state index contributed by atoms with van der Waals surface area (Å²) in [5.74, 6) is 0.787. The van der Waals surface area contributed by atoms with E-state index in [1.54, 1.807) is 27.4 Å². The summed E-state index contributed by atoms with van der Waals surface area (Å²) in [5.41, 5.74) is 2.96. The van der Waals surface area contributed by atoms with Crippen molar-refractivity contribution < 1.29 is 23.1 Å². The molecule has 8 nitrogen and oxygen atoms in total. The van der Waals surface area contributed by atoms with Crippen LogP contribution >= 0.6 is 0 Å². The van der Waals surface area contributed by atoms with Crippen LogP contribution in [-0.2, 0) is 13.3 Å². The molecule has 2 aromatic heterocycles. The lowest BCUT2D eigenvalue weighted by Gasteiger charge is -2.24. The van der Waals surface area contributed by atoms with Gasteiger partial charge in [-0.15, -0.1) is 14.1 Å². The second kappa shape index (κ2) is 8.91. The van der Waals surface area contributed by atoms with Gasteiger partial charge in [0.15, 0.2) is 0 Å². The number of phenolic OH excluding ortho intramolecular Hbond substituents is 1. The summed E-state index contributed by atoms with van der Waals surface area (Å²) in [6, 6.07) is 14.1. The van der Waals surface area contributed by atoms with E-state index in [-0.39, 0.29) is 5.75 Å². The maximum Gasteiger partial charge on any atom is 0.500 e. The van der Waals surface area contributed by atoms with Gasteiger partial charge >= 0.3 is 8.80 Å². The monoisotopic (exact) mass is 419 g/mol. The first-order valence-corrected chi connectivity index (χ1v) is 11.7. The number of benzene rings is 2. The number of aromatic nitrogens is 3. The van der Waals surface area contributed by atoms with Crippen LogP contribution in [0.25, 0.3) is 16.7 Å². The molecule has 9 heteroatoms. The lowest BCUT2D eigenvalue weighted by Crippen LogP contribution is -2.42. The number of nitrogens with zero attached hydrogens (tertiary/aromatic N) is 3. The molecule has 0 radical (unpaired) electrons. The van der Waals surface area contributed by atoms with Gasteiger partial charge in [-0.3, -0.25) is 0 Å². The van der Waals surface area contributed by atoms with E-state index in [0.717, 1.165) is 17.5 Å². The van der Waals surface area contributed by atoms with Crippen molar-refractivity contribution in [3.8, 4) is 17.2 Å². The molecule has 0 aliphatic carbocycles. The van der Waals surface area contributed by atoms with Crippen molar-refractivity contribution in [2.75, 3.05) is 27.9 Å². The highest BCUT2D eigenvalue weighted by Gasteiger charge is 2.37. The third-order valence-electron chi connectivity index (χ3n) is 4.81. The molecule has 4 aromatic rings. The van der Waals surface area contributed by atoms with Crippen LogP contribution in [0.4, 0.5) is 0 Å². The van der Waals surface area contributed by atoms with Gasteiger partial charge in [-0.2, -0.15) is 0 Å². The van der Waals surface area contributed by atoms with E-state index in [1.165, 1.54) is 0 Å². The van der Waals surface area contributed by atoms with Crippen LogP contribution in [0, 0.1) is 0 Å². The zero-order valence-electron chi connectivity index (χ0n) is 17.6. The van der Waals surface area contributed by atoms with E-state index in [0.29, 0.717) is 24.1 Å². The van der Waals surface area contributed by atoms with Crippen molar-refractivity contribution in [2.24, 2.45) is 0 Å². The average molecular weight is 420 g/mol. The van der Waals surface area contributed by atoms with Gasteiger partial charge in [-0.25, -0.2) is 0 Å². The number of aromatic hydroxyl groups is 1. The van der Waals surface area contributed by atoms with Gasteiger partial charge in [-0.05, 0) is 30.7 Å². The Labute approximate surface area is 171 Å². The summed E-state index contributed by atoms with van der Waals surface area (Å²) in [4.78, 5) is 1.92. The molecular formula is C20H29N3O5Si. The summed E-state index contributed by atoms with van der Waals surface area (Å²) in [6.45, 7) is 4.48. The average Bonchev–Trinajstić information content (AvgIpc) is 3.42. The maximum absolute atomic E-state index is 10.4. The lowest BCUT2D eigenvalue weighted by molar-refractivity contribution is 0.121. The molecule has 0 bridgehead atoms. The third-order valence-corrected chi connectivity index (χ3v) is 7.64. The molecule has 0 aliphatic rings. The smallest absolute Gasteiger partial charge is 0.500 e. The van der Waals surface area contributed by atoms with Gasteiger partial charge in [0, 0.05) is 33.4 Å². The Hall–Kier alpha value is -2.46. The molecule has 0 atom stereocenters. The molecule has 0 aliphatic heterocycles. The van der Waals surface area contributed by atoms with E-state index >= 15 is 0 Å². The van der Waals surface area contributed by atoms with Crippen molar-refractivity contribution >= 4 is 19.8 Å². The largest absolute Gasteiger partial charge is 0.505 e. The second-order valence-corrected chi connectivity index (χ2v) is 9.35. The second-order valence-electron chi connectivity index (χ2n) is 6.25. The highest BCUT2D eigenvalue weighted by atomic mass is 28.4. The molecule has 0 fully saturated rings. The van der Waals surface area contributed by atoms with Gasteiger partial charge in [0.2, 0.25) is 0 Å². The van der Waals surface area contributed by atoms with Crippen molar-refractivity contribution in [1.29, 1.82) is 0 Å². The summed E-state index contributed by atoms with van der Waals surface area (Å²) in [6.07, 6.45) is 0.729. The molecule has 2 aromatic carbocycles. The standard InChI is InChI=1S/C18H23N3O5Si.C2H6/c1-23-27(24-2,25-3)12-6-11-26-14-9-10-17(18(22)13-14)21-19-15-7-4-5-8-16(15)20(19)21;1-2/h4-5,7-10,13,22H,6,11-12H2,1-3H3;1-2H3. The molecule has 0 spiro atoms. The number of hydrogen-bond acceptors (Lipinski definition) is 5. The van der Waals surface area contributed by atoms with Gasteiger partial charge in [0.1, 0.15) is 28.2 Å².